The molecule has 2 unspecified atom stereocenters. The highest BCUT2D eigenvalue weighted by molar-refractivity contribution is 7.47. The minimum atomic E-state index is -4.27. The monoisotopic (exact) mass is 715 g/mol. The van der Waals surface area contributed by atoms with Crippen LogP contribution in [-0.2, 0) is 27.9 Å². The number of allylic oxidation sites excluding steroid dienone is 6. The Labute approximate surface area is 302 Å². The SMILES string of the molecule is CCCC/C=C\C/C=C\CCCCCCCCOCC(COP(=O)(O)OCC[N+](C)(C)C)OC(=O)CCCCCCC/C=C\CCCCC. The molecule has 49 heavy (non-hydrogen) atoms. The molecule has 2 atom stereocenters. The molecular formula is C40H77NO7P+. The lowest BCUT2D eigenvalue weighted by Crippen LogP contribution is -2.37. The maximum Gasteiger partial charge on any atom is 0.472 e. The molecule has 0 saturated heterocycles. The van der Waals surface area contributed by atoms with Crippen molar-refractivity contribution in [3.8, 4) is 0 Å². The molecule has 0 aliphatic heterocycles. The second-order valence-electron chi connectivity index (χ2n) is 14.3. The molecule has 9 heteroatoms. The number of hydrogen-bond donors (Lipinski definition) is 1. The lowest BCUT2D eigenvalue weighted by atomic mass is 10.1. The van der Waals surface area contributed by atoms with Crippen molar-refractivity contribution >= 4 is 13.8 Å². The minimum Gasteiger partial charge on any atom is -0.457 e. The van der Waals surface area contributed by atoms with Crippen molar-refractivity contribution in [3.05, 3.63) is 36.5 Å². The molecule has 0 heterocycles. The highest BCUT2D eigenvalue weighted by Crippen LogP contribution is 2.43. The Morgan fingerprint density at radius 2 is 1.14 bits per heavy atom. The number of esters is 1. The van der Waals surface area contributed by atoms with Crippen LogP contribution in [-0.4, -0.2) is 75.6 Å². The average molecular weight is 715 g/mol. The summed E-state index contributed by atoms with van der Waals surface area (Å²) < 4.78 is 34.8. The van der Waals surface area contributed by atoms with Crippen LogP contribution in [0.5, 0.6) is 0 Å². The van der Waals surface area contributed by atoms with Crippen molar-refractivity contribution in [1.82, 2.24) is 0 Å². The molecule has 0 fully saturated rings. The maximum atomic E-state index is 12.6. The normalized spacial score (nSPS) is 14.3. The number of phosphoric acid groups is 1. The predicted molar refractivity (Wildman–Crippen MR) is 206 cm³/mol. The fourth-order valence-corrected chi connectivity index (χ4v) is 5.77. The first kappa shape index (κ1) is 47.7. The van der Waals surface area contributed by atoms with E-state index in [1.807, 2.05) is 21.1 Å². The van der Waals surface area contributed by atoms with Crippen LogP contribution in [0, 0.1) is 0 Å². The summed E-state index contributed by atoms with van der Waals surface area (Å²) in [6.45, 7) is 5.51. The lowest BCUT2D eigenvalue weighted by Gasteiger charge is -2.24. The van der Waals surface area contributed by atoms with E-state index in [9.17, 15) is 14.3 Å². The van der Waals surface area contributed by atoms with E-state index in [0.717, 1.165) is 57.8 Å². The molecule has 1 N–H and O–H groups in total. The molecule has 0 aliphatic carbocycles. The minimum absolute atomic E-state index is 0.0843. The Balaban J connectivity index is 4.32. The van der Waals surface area contributed by atoms with Crippen LogP contribution in [0.4, 0.5) is 0 Å². The summed E-state index contributed by atoms with van der Waals surface area (Å²) in [5, 5.41) is 0. The third-order valence-electron chi connectivity index (χ3n) is 8.17. The van der Waals surface area contributed by atoms with Crippen molar-refractivity contribution in [2.75, 3.05) is 54.1 Å². The van der Waals surface area contributed by atoms with Gasteiger partial charge in [-0.15, -0.1) is 0 Å². The van der Waals surface area contributed by atoms with Crippen LogP contribution in [0.25, 0.3) is 0 Å². The number of ether oxygens (including phenoxy) is 2. The summed E-state index contributed by atoms with van der Waals surface area (Å²) in [6.07, 6.45) is 37.4. The number of carbonyl (C=O) groups excluding carboxylic acids is 1. The highest BCUT2D eigenvalue weighted by Gasteiger charge is 2.26. The van der Waals surface area contributed by atoms with Gasteiger partial charge in [0.2, 0.25) is 0 Å². The fraction of sp³-hybridized carbons (Fsp3) is 0.825. The van der Waals surface area contributed by atoms with E-state index in [1.54, 1.807) is 0 Å². The van der Waals surface area contributed by atoms with Gasteiger partial charge >= 0.3 is 13.8 Å². The van der Waals surface area contributed by atoms with E-state index in [-0.39, 0.29) is 25.8 Å². The zero-order valence-corrected chi connectivity index (χ0v) is 33.3. The van der Waals surface area contributed by atoms with E-state index >= 15 is 0 Å². The summed E-state index contributed by atoms with van der Waals surface area (Å²) in [5.74, 6) is -0.329. The van der Waals surface area contributed by atoms with Crippen molar-refractivity contribution in [2.45, 2.75) is 161 Å². The Kier molecular flexibility index (Phi) is 33.0. The highest BCUT2D eigenvalue weighted by atomic mass is 31.2. The zero-order chi connectivity index (χ0) is 36.3. The molecule has 0 bridgehead atoms. The van der Waals surface area contributed by atoms with E-state index in [4.69, 9.17) is 18.5 Å². The second kappa shape index (κ2) is 33.8. The van der Waals surface area contributed by atoms with Crippen LogP contribution in [0.15, 0.2) is 36.5 Å². The van der Waals surface area contributed by atoms with Gasteiger partial charge in [-0.25, -0.2) is 4.57 Å². The molecule has 0 saturated carbocycles. The number of phosphoric ester groups is 1. The number of likely N-dealkylation sites (N-methyl/N-ethyl adjacent to an activating group) is 1. The number of nitrogens with zero attached hydrogens (tertiary/aromatic N) is 1. The summed E-state index contributed by atoms with van der Waals surface area (Å²) in [4.78, 5) is 22.8. The summed E-state index contributed by atoms with van der Waals surface area (Å²) in [7, 11) is 1.65. The number of hydrogen-bond acceptors (Lipinski definition) is 6. The van der Waals surface area contributed by atoms with Crippen LogP contribution < -0.4 is 0 Å². The van der Waals surface area contributed by atoms with Crippen LogP contribution >= 0.6 is 7.82 Å². The van der Waals surface area contributed by atoms with Gasteiger partial charge in [0.05, 0.1) is 34.4 Å². The number of carbonyl (C=O) groups is 1. The van der Waals surface area contributed by atoms with Gasteiger partial charge in [0.1, 0.15) is 19.3 Å². The molecule has 0 aromatic heterocycles. The van der Waals surface area contributed by atoms with E-state index < -0.39 is 13.9 Å². The Morgan fingerprint density at radius 3 is 1.73 bits per heavy atom. The standard InChI is InChI=1S/C40H76NO7P/c1-6-8-10-12-14-16-18-20-21-22-24-26-28-30-32-35-45-37-39(38-47-49(43,44)46-36-34-41(3,4)5)48-40(42)33-31-29-27-25-23-19-17-15-13-11-9-7-2/h12,14-15,17-18,20,39H,6-11,13,16,19,21-38H2,1-5H3/p+1/b14-12-,17-15-,20-18-. The predicted octanol–water partition coefficient (Wildman–Crippen LogP) is 11.0. The third kappa shape index (κ3) is 37.8. The number of quaternary nitrogens is 1. The fourth-order valence-electron chi connectivity index (χ4n) is 5.03. The van der Waals surface area contributed by atoms with Crippen LogP contribution in [0.1, 0.15) is 155 Å². The first-order chi connectivity index (χ1) is 23.6. The van der Waals surface area contributed by atoms with Gasteiger partial charge in [-0.2, -0.15) is 0 Å². The van der Waals surface area contributed by atoms with Gasteiger partial charge < -0.3 is 18.9 Å². The van der Waals surface area contributed by atoms with Gasteiger partial charge in [-0.3, -0.25) is 13.8 Å². The van der Waals surface area contributed by atoms with Crippen LogP contribution in [0.3, 0.4) is 0 Å². The molecule has 8 nitrogen and oxygen atoms in total. The van der Waals surface area contributed by atoms with Crippen molar-refractivity contribution in [3.63, 3.8) is 0 Å². The van der Waals surface area contributed by atoms with Crippen LogP contribution in [0.2, 0.25) is 0 Å². The topological polar surface area (TPSA) is 91.3 Å². The Hall–Kier alpha value is -1.28. The van der Waals surface area contributed by atoms with E-state index in [2.05, 4.69) is 50.3 Å². The largest absolute Gasteiger partial charge is 0.472 e. The maximum absolute atomic E-state index is 12.6. The molecule has 0 aromatic carbocycles. The molecule has 0 aliphatic rings. The van der Waals surface area contributed by atoms with Crippen molar-refractivity contribution in [2.24, 2.45) is 0 Å². The summed E-state index contributed by atoms with van der Waals surface area (Å²) in [6, 6.07) is 0. The first-order valence-electron chi connectivity index (χ1n) is 19.7. The Morgan fingerprint density at radius 1 is 0.633 bits per heavy atom. The van der Waals surface area contributed by atoms with Gasteiger partial charge in [-0.05, 0) is 64.2 Å². The first-order valence-corrected chi connectivity index (χ1v) is 21.2. The molecule has 0 rings (SSSR count). The van der Waals surface area contributed by atoms with E-state index in [0.29, 0.717) is 24.1 Å². The zero-order valence-electron chi connectivity index (χ0n) is 32.4. The third-order valence-corrected chi connectivity index (χ3v) is 9.16. The van der Waals surface area contributed by atoms with Gasteiger partial charge in [0, 0.05) is 13.0 Å². The van der Waals surface area contributed by atoms with Gasteiger partial charge in [0.15, 0.2) is 0 Å². The average Bonchev–Trinajstić information content (AvgIpc) is 3.04. The van der Waals surface area contributed by atoms with Gasteiger partial charge in [0.25, 0.3) is 0 Å². The molecule has 0 aromatic rings. The molecule has 0 spiro atoms. The second-order valence-corrected chi connectivity index (χ2v) is 15.8. The Bertz CT molecular complexity index is 884. The number of rotatable bonds is 36. The smallest absolute Gasteiger partial charge is 0.457 e. The summed E-state index contributed by atoms with van der Waals surface area (Å²) >= 11 is 0. The lowest BCUT2D eigenvalue weighted by molar-refractivity contribution is -0.870. The summed E-state index contributed by atoms with van der Waals surface area (Å²) in [5.41, 5.74) is 0. The van der Waals surface area contributed by atoms with Gasteiger partial charge in [-0.1, -0.05) is 121 Å². The molecule has 0 amide bonds. The molecule has 0 radical (unpaired) electrons. The molecule has 288 valence electrons. The van der Waals surface area contributed by atoms with E-state index in [1.165, 1.54) is 77.0 Å². The van der Waals surface area contributed by atoms with Crippen molar-refractivity contribution < 1.29 is 37.3 Å². The molecular weight excluding hydrogens is 637 g/mol. The quantitative estimate of drug-likeness (QED) is 0.0227. The number of unbranched alkanes of at least 4 members (excludes halogenated alkanes) is 16. The van der Waals surface area contributed by atoms with Crippen molar-refractivity contribution in [1.29, 1.82) is 0 Å².